The summed E-state index contributed by atoms with van der Waals surface area (Å²) in [7, 11) is 0. The van der Waals surface area contributed by atoms with Crippen LogP contribution < -0.4 is 9.96 Å². The molecule has 160 valence electrons. The number of nitro groups is 1. The lowest BCUT2D eigenvalue weighted by atomic mass is 9.90. The lowest BCUT2D eigenvalue weighted by Gasteiger charge is -2.28. The number of rotatable bonds is 4. The maximum atomic E-state index is 13.5. The van der Waals surface area contributed by atoms with E-state index < -0.39 is 28.9 Å². The van der Waals surface area contributed by atoms with Crippen molar-refractivity contribution in [1.29, 1.82) is 0 Å². The molecule has 3 aromatic rings. The van der Waals surface area contributed by atoms with Gasteiger partial charge in [0.25, 0.3) is 11.6 Å². The van der Waals surface area contributed by atoms with Gasteiger partial charge >= 0.3 is 0 Å². The number of nitrogens with zero attached hydrogens (tertiary/aromatic N) is 3. The number of non-ortho nitro benzene ring substituents is 1. The Labute approximate surface area is 183 Å². The molecular weight excluding hydrogens is 410 g/mol. The Hall–Kier alpha value is -4.04. The van der Waals surface area contributed by atoms with Crippen LogP contribution in [0.3, 0.4) is 0 Å². The molecule has 8 nitrogen and oxygen atoms in total. The van der Waals surface area contributed by atoms with Crippen molar-refractivity contribution in [1.82, 2.24) is 0 Å². The fourth-order valence-corrected chi connectivity index (χ4v) is 4.37. The molecule has 2 amide bonds. The van der Waals surface area contributed by atoms with E-state index in [9.17, 15) is 19.7 Å². The molecule has 8 heteroatoms. The fourth-order valence-electron chi connectivity index (χ4n) is 4.37. The number of hydroxylamine groups is 1. The summed E-state index contributed by atoms with van der Waals surface area (Å²) in [4.78, 5) is 44.7. The molecule has 0 bridgehead atoms. The lowest BCUT2D eigenvalue weighted by Crippen LogP contribution is -2.37. The third-order valence-electron chi connectivity index (χ3n) is 5.83. The quantitative estimate of drug-likeness (QED) is 0.354. The maximum absolute atomic E-state index is 13.5. The van der Waals surface area contributed by atoms with E-state index in [0.717, 1.165) is 5.56 Å². The van der Waals surface area contributed by atoms with Crippen LogP contribution in [0.5, 0.6) is 0 Å². The van der Waals surface area contributed by atoms with Crippen LogP contribution in [0.15, 0.2) is 78.9 Å². The molecule has 2 saturated heterocycles. The van der Waals surface area contributed by atoms with Gasteiger partial charge < -0.3 is 0 Å². The summed E-state index contributed by atoms with van der Waals surface area (Å²) in [6.45, 7) is 1.89. The molecule has 0 unspecified atom stereocenters. The van der Waals surface area contributed by atoms with Crippen molar-refractivity contribution in [2.45, 2.75) is 19.1 Å². The highest BCUT2D eigenvalue weighted by Crippen LogP contribution is 2.47. The van der Waals surface area contributed by atoms with E-state index in [4.69, 9.17) is 4.84 Å². The topological polar surface area (TPSA) is 93.0 Å². The number of benzene rings is 3. The van der Waals surface area contributed by atoms with Crippen molar-refractivity contribution < 1.29 is 19.3 Å². The number of fused-ring (bicyclic) bond motifs is 1. The standard InChI is InChI=1S/C24H19N3O5/c1-15-6-5-9-19(14-15)25-23(28)20-21(16-10-12-18(13-11-16)27(30)31)26(32-22(20)24(25)29)17-7-3-2-4-8-17/h2-14,20-22H,1H3/t20-,21+,22+/m0/s1. The van der Waals surface area contributed by atoms with E-state index in [0.29, 0.717) is 16.9 Å². The molecule has 0 radical (unpaired) electrons. The third-order valence-corrected chi connectivity index (χ3v) is 5.83. The smallest absolute Gasteiger partial charge is 0.269 e. The molecule has 5 rings (SSSR count). The van der Waals surface area contributed by atoms with Crippen molar-refractivity contribution in [3.8, 4) is 0 Å². The number of para-hydroxylation sites is 1. The predicted molar refractivity (Wildman–Crippen MR) is 117 cm³/mol. The molecule has 0 saturated carbocycles. The minimum atomic E-state index is -0.983. The normalized spacial score (nSPS) is 22.3. The second kappa shape index (κ2) is 7.58. The summed E-state index contributed by atoms with van der Waals surface area (Å²) in [5.74, 6) is -1.56. The second-order valence-electron chi connectivity index (χ2n) is 7.86. The Morgan fingerprint density at radius 1 is 0.875 bits per heavy atom. The number of hydrogen-bond acceptors (Lipinski definition) is 6. The summed E-state index contributed by atoms with van der Waals surface area (Å²) in [6, 6.07) is 21.8. The minimum Gasteiger partial charge on any atom is -0.273 e. The molecule has 3 aromatic carbocycles. The zero-order valence-corrected chi connectivity index (χ0v) is 17.1. The van der Waals surface area contributed by atoms with Crippen molar-refractivity contribution in [2.75, 3.05) is 9.96 Å². The van der Waals surface area contributed by atoms with Gasteiger partial charge in [0.15, 0.2) is 6.10 Å². The van der Waals surface area contributed by atoms with Crippen LogP contribution in [0.2, 0.25) is 0 Å². The van der Waals surface area contributed by atoms with Crippen LogP contribution >= 0.6 is 0 Å². The summed E-state index contributed by atoms with van der Waals surface area (Å²) >= 11 is 0. The number of carbonyl (C=O) groups excluding carboxylic acids is 2. The molecular formula is C24H19N3O5. The molecule has 0 aromatic heterocycles. The zero-order valence-electron chi connectivity index (χ0n) is 17.1. The fraction of sp³-hybridized carbons (Fsp3) is 0.167. The average Bonchev–Trinajstić information content (AvgIpc) is 3.30. The number of aryl methyl sites for hydroxylation is 1. The Balaban J connectivity index is 1.58. The Morgan fingerprint density at radius 2 is 1.56 bits per heavy atom. The van der Waals surface area contributed by atoms with Gasteiger partial charge in [-0.15, -0.1) is 0 Å². The Kier molecular flexibility index (Phi) is 4.71. The van der Waals surface area contributed by atoms with Gasteiger partial charge in [0.2, 0.25) is 5.91 Å². The van der Waals surface area contributed by atoms with Crippen molar-refractivity contribution in [3.05, 3.63) is 100 Å². The maximum Gasteiger partial charge on any atom is 0.269 e. The zero-order chi connectivity index (χ0) is 22.4. The number of anilines is 2. The molecule has 32 heavy (non-hydrogen) atoms. The van der Waals surface area contributed by atoms with Gasteiger partial charge in [0, 0.05) is 12.1 Å². The van der Waals surface area contributed by atoms with Crippen LogP contribution in [0.4, 0.5) is 17.1 Å². The van der Waals surface area contributed by atoms with E-state index >= 15 is 0 Å². The average molecular weight is 429 g/mol. The lowest BCUT2D eigenvalue weighted by molar-refractivity contribution is -0.384. The summed E-state index contributed by atoms with van der Waals surface area (Å²) < 4.78 is 0. The number of imide groups is 1. The van der Waals surface area contributed by atoms with E-state index in [1.54, 1.807) is 35.4 Å². The molecule has 0 N–H and O–H groups in total. The molecule has 2 fully saturated rings. The Morgan fingerprint density at radius 3 is 2.22 bits per heavy atom. The molecule has 3 atom stereocenters. The van der Waals surface area contributed by atoms with Crippen LogP contribution in [0.25, 0.3) is 0 Å². The third kappa shape index (κ3) is 3.12. The van der Waals surface area contributed by atoms with Gasteiger partial charge in [0.1, 0.15) is 5.92 Å². The van der Waals surface area contributed by atoms with Gasteiger partial charge in [-0.05, 0) is 42.3 Å². The van der Waals surface area contributed by atoms with E-state index in [1.165, 1.54) is 17.0 Å². The van der Waals surface area contributed by atoms with Crippen LogP contribution in [0.1, 0.15) is 17.2 Å². The SMILES string of the molecule is Cc1cccc(N2C(=O)[C@H]3[C@@H](c4ccc([N+](=O)[O-])cc4)N(c4ccccc4)O[C@H]3C2=O)c1. The molecule has 2 aliphatic heterocycles. The van der Waals surface area contributed by atoms with Gasteiger partial charge in [-0.3, -0.25) is 24.5 Å². The van der Waals surface area contributed by atoms with Gasteiger partial charge in [-0.1, -0.05) is 42.5 Å². The molecule has 0 spiro atoms. The van der Waals surface area contributed by atoms with Gasteiger partial charge in [-0.25, -0.2) is 9.96 Å². The highest BCUT2D eigenvalue weighted by atomic mass is 16.7. The van der Waals surface area contributed by atoms with Crippen LogP contribution in [-0.2, 0) is 14.4 Å². The van der Waals surface area contributed by atoms with E-state index in [1.807, 2.05) is 43.3 Å². The number of amides is 2. The first-order valence-electron chi connectivity index (χ1n) is 10.2. The van der Waals surface area contributed by atoms with Crippen molar-refractivity contribution in [2.24, 2.45) is 5.92 Å². The second-order valence-corrected chi connectivity index (χ2v) is 7.86. The Bertz CT molecular complexity index is 1210. The summed E-state index contributed by atoms with van der Waals surface area (Å²) in [5, 5.41) is 12.7. The van der Waals surface area contributed by atoms with Crippen molar-refractivity contribution >= 4 is 28.9 Å². The minimum absolute atomic E-state index is 0.0503. The summed E-state index contributed by atoms with van der Waals surface area (Å²) in [6.07, 6.45) is -0.983. The molecule has 2 heterocycles. The van der Waals surface area contributed by atoms with E-state index in [-0.39, 0.29) is 11.6 Å². The van der Waals surface area contributed by atoms with Crippen LogP contribution in [-0.4, -0.2) is 22.8 Å². The number of hydrogen-bond donors (Lipinski definition) is 0. The first kappa shape index (κ1) is 19.9. The number of carbonyl (C=O) groups is 2. The summed E-state index contributed by atoms with van der Waals surface area (Å²) in [5.41, 5.74) is 2.73. The first-order chi connectivity index (χ1) is 15.5. The predicted octanol–water partition coefficient (Wildman–Crippen LogP) is 3.95. The highest BCUT2D eigenvalue weighted by molar-refractivity contribution is 6.23. The van der Waals surface area contributed by atoms with Gasteiger partial charge in [-0.2, -0.15) is 0 Å². The highest BCUT2D eigenvalue weighted by Gasteiger charge is 2.60. The van der Waals surface area contributed by atoms with Crippen molar-refractivity contribution in [3.63, 3.8) is 0 Å². The molecule has 2 aliphatic rings. The first-order valence-corrected chi connectivity index (χ1v) is 10.2. The van der Waals surface area contributed by atoms with Gasteiger partial charge in [0.05, 0.1) is 22.3 Å². The largest absolute Gasteiger partial charge is 0.273 e. The number of nitro benzene ring substituents is 1. The van der Waals surface area contributed by atoms with E-state index in [2.05, 4.69) is 0 Å². The van der Waals surface area contributed by atoms with Crippen LogP contribution in [0, 0.1) is 23.0 Å². The monoisotopic (exact) mass is 429 g/mol. The molecule has 0 aliphatic carbocycles.